The molecule has 2 nitrogen and oxygen atoms in total. The van der Waals surface area contributed by atoms with E-state index in [9.17, 15) is 0 Å². The minimum Gasteiger partial charge on any atom is -0.312 e. The Hall–Kier alpha value is -0.860. The van der Waals surface area contributed by atoms with Crippen molar-refractivity contribution in [1.82, 2.24) is 10.2 Å². The Kier molecular flexibility index (Phi) is 6.99. The maximum absolute atomic E-state index is 3.44. The van der Waals surface area contributed by atoms with Gasteiger partial charge in [-0.3, -0.25) is 0 Å². The summed E-state index contributed by atoms with van der Waals surface area (Å²) in [6.07, 6.45) is 2.33. The monoisotopic (exact) mass is 248 g/mol. The molecule has 1 rings (SSSR count). The molecule has 1 N–H and O–H groups in total. The second kappa shape index (κ2) is 8.28. The predicted octanol–water partition coefficient (Wildman–Crippen LogP) is 3.24. The summed E-state index contributed by atoms with van der Waals surface area (Å²) >= 11 is 0. The van der Waals surface area contributed by atoms with Gasteiger partial charge in [-0.05, 0) is 44.1 Å². The van der Waals surface area contributed by atoms with Crippen LogP contribution < -0.4 is 5.32 Å². The predicted molar refractivity (Wildman–Crippen MR) is 80.0 cm³/mol. The van der Waals surface area contributed by atoms with Gasteiger partial charge in [0.2, 0.25) is 0 Å². The fourth-order valence-electron chi connectivity index (χ4n) is 2.30. The first-order valence-electron chi connectivity index (χ1n) is 7.23. The number of benzene rings is 1. The summed E-state index contributed by atoms with van der Waals surface area (Å²) in [6, 6.07) is 9.45. The highest BCUT2D eigenvalue weighted by Gasteiger charge is 2.12. The van der Waals surface area contributed by atoms with Gasteiger partial charge in [-0.2, -0.15) is 0 Å². The molecule has 0 saturated carbocycles. The molecule has 0 aliphatic heterocycles. The zero-order chi connectivity index (χ0) is 13.4. The van der Waals surface area contributed by atoms with Crippen LogP contribution in [0.5, 0.6) is 0 Å². The van der Waals surface area contributed by atoms with Crippen molar-refractivity contribution < 1.29 is 0 Å². The molecule has 0 fully saturated rings. The molecule has 102 valence electrons. The fourth-order valence-corrected chi connectivity index (χ4v) is 2.30. The Labute approximate surface area is 112 Å². The second-order valence-corrected chi connectivity index (χ2v) is 4.83. The summed E-state index contributed by atoms with van der Waals surface area (Å²) in [5.74, 6) is 0. The van der Waals surface area contributed by atoms with E-state index in [1.165, 1.54) is 24.1 Å². The summed E-state index contributed by atoms with van der Waals surface area (Å²) < 4.78 is 0. The first kappa shape index (κ1) is 15.2. The molecule has 18 heavy (non-hydrogen) atoms. The van der Waals surface area contributed by atoms with E-state index in [2.05, 4.69) is 62.3 Å². The molecular weight excluding hydrogens is 220 g/mol. The molecule has 0 bridgehead atoms. The molecule has 1 atom stereocenters. The van der Waals surface area contributed by atoms with Crippen LogP contribution in [0.15, 0.2) is 24.3 Å². The average Bonchev–Trinajstić information content (AvgIpc) is 2.43. The van der Waals surface area contributed by atoms with E-state index in [0.29, 0.717) is 6.04 Å². The third-order valence-corrected chi connectivity index (χ3v) is 3.57. The maximum atomic E-state index is 3.44. The molecule has 0 radical (unpaired) electrons. The highest BCUT2D eigenvalue weighted by Crippen LogP contribution is 2.15. The molecule has 2 heteroatoms. The molecule has 0 saturated heterocycles. The molecule has 1 aromatic rings. The van der Waals surface area contributed by atoms with E-state index in [1.807, 2.05) is 0 Å². The lowest BCUT2D eigenvalue weighted by Crippen LogP contribution is -2.34. The number of nitrogens with one attached hydrogen (secondary N) is 1. The number of nitrogens with zero attached hydrogens (tertiary/aromatic N) is 1. The van der Waals surface area contributed by atoms with Crippen LogP contribution in [0.1, 0.15) is 44.4 Å². The summed E-state index contributed by atoms with van der Waals surface area (Å²) in [7, 11) is 2.05. The largest absolute Gasteiger partial charge is 0.312 e. The normalized spacial score (nSPS) is 12.9. The van der Waals surface area contributed by atoms with Crippen LogP contribution in [0, 0.1) is 0 Å². The van der Waals surface area contributed by atoms with E-state index in [4.69, 9.17) is 0 Å². The van der Waals surface area contributed by atoms with Crippen molar-refractivity contribution in [2.24, 2.45) is 0 Å². The number of hydrogen-bond donors (Lipinski definition) is 1. The van der Waals surface area contributed by atoms with Gasteiger partial charge in [-0.25, -0.2) is 0 Å². The first-order chi connectivity index (χ1) is 8.74. The minimum absolute atomic E-state index is 0.433. The molecule has 0 heterocycles. The van der Waals surface area contributed by atoms with Crippen molar-refractivity contribution in [2.75, 3.05) is 26.7 Å². The maximum Gasteiger partial charge on any atom is 0.0446 e. The van der Waals surface area contributed by atoms with Gasteiger partial charge in [0.05, 0.1) is 0 Å². The second-order valence-electron chi connectivity index (χ2n) is 4.83. The van der Waals surface area contributed by atoms with Gasteiger partial charge in [-0.15, -0.1) is 0 Å². The number of likely N-dealkylation sites (N-methyl/N-ethyl adjacent to an activating group) is 2. The highest BCUT2D eigenvalue weighted by atomic mass is 15.1. The van der Waals surface area contributed by atoms with Crippen molar-refractivity contribution in [3.8, 4) is 0 Å². The quantitative estimate of drug-likeness (QED) is 0.760. The van der Waals surface area contributed by atoms with Crippen LogP contribution in [-0.2, 0) is 6.42 Å². The summed E-state index contributed by atoms with van der Waals surface area (Å²) in [6.45, 7) is 10.1. The van der Waals surface area contributed by atoms with Crippen LogP contribution >= 0.6 is 0 Å². The standard InChI is InChI=1S/C16H28N2/c1-5-12-18(7-3)13-16(17-4)15-10-8-14(6-2)9-11-15/h8-11,16-17H,5-7,12-13H2,1-4H3. The van der Waals surface area contributed by atoms with Gasteiger partial charge in [0.25, 0.3) is 0 Å². The Bertz CT molecular complexity index is 318. The number of hydrogen-bond acceptors (Lipinski definition) is 2. The third-order valence-electron chi connectivity index (χ3n) is 3.57. The molecular formula is C16H28N2. The Balaban J connectivity index is 2.68. The zero-order valence-corrected chi connectivity index (χ0v) is 12.4. The Morgan fingerprint density at radius 1 is 1.11 bits per heavy atom. The molecule has 1 unspecified atom stereocenters. The van der Waals surface area contributed by atoms with Crippen molar-refractivity contribution in [2.45, 2.75) is 39.7 Å². The average molecular weight is 248 g/mol. The molecule has 0 amide bonds. The molecule has 0 aromatic heterocycles. The SMILES string of the molecule is CCCN(CC)CC(NC)c1ccc(CC)cc1. The lowest BCUT2D eigenvalue weighted by molar-refractivity contribution is 0.259. The summed E-state index contributed by atoms with van der Waals surface area (Å²) in [5.41, 5.74) is 2.80. The number of rotatable bonds is 8. The minimum atomic E-state index is 0.433. The van der Waals surface area contributed by atoms with Gasteiger partial charge >= 0.3 is 0 Å². The Morgan fingerprint density at radius 2 is 1.78 bits per heavy atom. The highest BCUT2D eigenvalue weighted by molar-refractivity contribution is 5.25. The van der Waals surface area contributed by atoms with Gasteiger partial charge in [0.15, 0.2) is 0 Å². The van der Waals surface area contributed by atoms with E-state index in [1.54, 1.807) is 0 Å². The number of aryl methyl sites for hydroxylation is 1. The van der Waals surface area contributed by atoms with Crippen LogP contribution in [0.25, 0.3) is 0 Å². The van der Waals surface area contributed by atoms with E-state index >= 15 is 0 Å². The van der Waals surface area contributed by atoms with Gasteiger partial charge < -0.3 is 10.2 Å². The van der Waals surface area contributed by atoms with E-state index in [0.717, 1.165) is 19.5 Å². The lowest BCUT2D eigenvalue weighted by atomic mass is 10.0. The van der Waals surface area contributed by atoms with Crippen LogP contribution in [0.3, 0.4) is 0 Å². The Morgan fingerprint density at radius 3 is 2.22 bits per heavy atom. The van der Waals surface area contributed by atoms with Gasteiger partial charge in [0.1, 0.15) is 0 Å². The van der Waals surface area contributed by atoms with Crippen molar-refractivity contribution >= 4 is 0 Å². The third kappa shape index (κ3) is 4.43. The summed E-state index contributed by atoms with van der Waals surface area (Å²) in [4.78, 5) is 2.51. The lowest BCUT2D eigenvalue weighted by Gasteiger charge is -2.26. The summed E-state index contributed by atoms with van der Waals surface area (Å²) in [5, 5.41) is 3.44. The van der Waals surface area contributed by atoms with Crippen LogP contribution in [0.4, 0.5) is 0 Å². The molecule has 1 aromatic carbocycles. The van der Waals surface area contributed by atoms with Gasteiger partial charge in [0, 0.05) is 12.6 Å². The molecule has 0 aliphatic carbocycles. The van der Waals surface area contributed by atoms with E-state index in [-0.39, 0.29) is 0 Å². The van der Waals surface area contributed by atoms with Gasteiger partial charge in [-0.1, -0.05) is 45.0 Å². The molecule has 0 spiro atoms. The van der Waals surface area contributed by atoms with Crippen LogP contribution in [0.2, 0.25) is 0 Å². The molecule has 0 aliphatic rings. The van der Waals surface area contributed by atoms with E-state index < -0.39 is 0 Å². The van der Waals surface area contributed by atoms with Crippen molar-refractivity contribution in [3.63, 3.8) is 0 Å². The fraction of sp³-hybridized carbons (Fsp3) is 0.625. The zero-order valence-electron chi connectivity index (χ0n) is 12.4. The smallest absolute Gasteiger partial charge is 0.0446 e. The first-order valence-corrected chi connectivity index (χ1v) is 7.23. The van der Waals surface area contributed by atoms with Crippen molar-refractivity contribution in [3.05, 3.63) is 35.4 Å². The van der Waals surface area contributed by atoms with Crippen molar-refractivity contribution in [1.29, 1.82) is 0 Å². The van der Waals surface area contributed by atoms with Crippen LogP contribution in [-0.4, -0.2) is 31.6 Å². The topological polar surface area (TPSA) is 15.3 Å².